The van der Waals surface area contributed by atoms with Crippen LogP contribution in [0.15, 0.2) is 29.3 Å². The van der Waals surface area contributed by atoms with Crippen LogP contribution < -0.4 is 10.6 Å². The van der Waals surface area contributed by atoms with E-state index in [9.17, 15) is 8.42 Å². The molecule has 1 fully saturated rings. The van der Waals surface area contributed by atoms with Crippen molar-refractivity contribution >= 4 is 51.4 Å². The van der Waals surface area contributed by atoms with Crippen LogP contribution >= 0.6 is 35.6 Å². The minimum atomic E-state index is -2.94. The van der Waals surface area contributed by atoms with E-state index in [-0.39, 0.29) is 41.2 Å². The highest BCUT2D eigenvalue weighted by atomic mass is 127. The molecule has 1 atom stereocenters. The lowest BCUT2D eigenvalue weighted by Crippen LogP contribution is -2.43. The van der Waals surface area contributed by atoms with Crippen molar-refractivity contribution in [3.63, 3.8) is 0 Å². The van der Waals surface area contributed by atoms with Crippen LogP contribution in [0.2, 0.25) is 5.02 Å². The monoisotopic (exact) mass is 513 g/mol. The van der Waals surface area contributed by atoms with Crippen molar-refractivity contribution in [3.05, 3.63) is 34.9 Å². The van der Waals surface area contributed by atoms with Crippen LogP contribution in [0, 0.1) is 0 Å². The van der Waals surface area contributed by atoms with Crippen LogP contribution in [0.1, 0.15) is 38.7 Å². The van der Waals surface area contributed by atoms with E-state index in [1.54, 1.807) is 0 Å². The molecule has 2 rings (SSSR count). The molecule has 5 nitrogen and oxygen atoms in total. The number of halogens is 2. The van der Waals surface area contributed by atoms with Gasteiger partial charge in [-0.2, -0.15) is 0 Å². The second-order valence-electron chi connectivity index (χ2n) is 6.95. The summed E-state index contributed by atoms with van der Waals surface area (Å²) in [5.74, 6) is 0.915. The van der Waals surface area contributed by atoms with Gasteiger partial charge in [0.05, 0.1) is 12.3 Å². The van der Waals surface area contributed by atoms with E-state index in [1.165, 1.54) is 11.8 Å². The zero-order chi connectivity index (χ0) is 18.5. The SMILES string of the molecule is CCNC(=NCC1(c2ccc(Cl)cc2)CC1)NC(C)CCS(C)(=O)=O.I. The Balaban J connectivity index is 0.00000338. The van der Waals surface area contributed by atoms with Gasteiger partial charge in [-0.15, -0.1) is 24.0 Å². The molecule has 1 aliphatic carbocycles. The van der Waals surface area contributed by atoms with Crippen molar-refractivity contribution in [2.75, 3.05) is 25.1 Å². The van der Waals surface area contributed by atoms with E-state index < -0.39 is 9.84 Å². The topological polar surface area (TPSA) is 70.6 Å². The second kappa shape index (κ2) is 10.1. The summed E-state index contributed by atoms with van der Waals surface area (Å²) in [7, 11) is -2.94. The van der Waals surface area contributed by atoms with Crippen molar-refractivity contribution in [3.8, 4) is 0 Å². The van der Waals surface area contributed by atoms with E-state index >= 15 is 0 Å². The summed E-state index contributed by atoms with van der Waals surface area (Å²) in [6.07, 6.45) is 4.08. The smallest absolute Gasteiger partial charge is 0.191 e. The Bertz CT molecular complexity index is 704. The molecule has 0 bridgehead atoms. The van der Waals surface area contributed by atoms with Gasteiger partial charge in [-0.1, -0.05) is 23.7 Å². The molecule has 0 spiro atoms. The molecule has 1 aliphatic rings. The molecule has 2 N–H and O–H groups in total. The Kier molecular flexibility index (Phi) is 9.15. The summed E-state index contributed by atoms with van der Waals surface area (Å²) < 4.78 is 22.6. The number of hydrogen-bond donors (Lipinski definition) is 2. The van der Waals surface area contributed by atoms with Gasteiger partial charge in [-0.3, -0.25) is 4.99 Å². The molecule has 0 radical (unpaired) electrons. The van der Waals surface area contributed by atoms with Crippen molar-refractivity contribution < 1.29 is 8.42 Å². The van der Waals surface area contributed by atoms with Gasteiger partial charge in [-0.05, 0) is 50.8 Å². The Morgan fingerprint density at radius 3 is 2.42 bits per heavy atom. The lowest BCUT2D eigenvalue weighted by molar-refractivity contribution is 0.580. The first-order valence-electron chi connectivity index (χ1n) is 8.73. The van der Waals surface area contributed by atoms with Crippen molar-refractivity contribution in [1.82, 2.24) is 10.6 Å². The van der Waals surface area contributed by atoms with E-state index in [4.69, 9.17) is 16.6 Å². The van der Waals surface area contributed by atoms with E-state index in [0.29, 0.717) is 13.0 Å². The molecule has 0 heterocycles. The molecule has 0 amide bonds. The first-order chi connectivity index (χ1) is 11.7. The first kappa shape index (κ1) is 23.5. The van der Waals surface area contributed by atoms with Gasteiger partial charge in [0.1, 0.15) is 9.84 Å². The maximum absolute atomic E-state index is 11.3. The van der Waals surface area contributed by atoms with Gasteiger partial charge in [0.15, 0.2) is 5.96 Å². The van der Waals surface area contributed by atoms with Gasteiger partial charge in [0, 0.05) is 29.3 Å². The summed E-state index contributed by atoms with van der Waals surface area (Å²) in [5.41, 5.74) is 1.39. The van der Waals surface area contributed by atoms with E-state index in [2.05, 4.69) is 22.8 Å². The third-order valence-electron chi connectivity index (χ3n) is 4.50. The fourth-order valence-electron chi connectivity index (χ4n) is 2.74. The molecule has 0 aliphatic heterocycles. The molecule has 1 unspecified atom stereocenters. The molecule has 26 heavy (non-hydrogen) atoms. The summed E-state index contributed by atoms with van der Waals surface area (Å²) in [5, 5.41) is 7.29. The van der Waals surface area contributed by atoms with Gasteiger partial charge in [-0.25, -0.2) is 8.42 Å². The fourth-order valence-corrected chi connectivity index (χ4v) is 3.65. The van der Waals surface area contributed by atoms with Crippen molar-refractivity contribution in [2.45, 2.75) is 44.6 Å². The average molecular weight is 514 g/mol. The number of rotatable bonds is 8. The van der Waals surface area contributed by atoms with Gasteiger partial charge in [0.2, 0.25) is 0 Å². The average Bonchev–Trinajstić information content (AvgIpc) is 3.32. The number of hydrogen-bond acceptors (Lipinski definition) is 3. The van der Waals surface area contributed by atoms with E-state index in [0.717, 1.165) is 30.4 Å². The molecule has 1 aromatic carbocycles. The summed E-state index contributed by atoms with van der Waals surface area (Å²) >= 11 is 5.98. The molecule has 0 saturated heterocycles. The zero-order valence-corrected chi connectivity index (χ0v) is 19.5. The largest absolute Gasteiger partial charge is 0.357 e. The normalized spacial score (nSPS) is 17.2. The third-order valence-corrected chi connectivity index (χ3v) is 5.73. The maximum Gasteiger partial charge on any atom is 0.191 e. The van der Waals surface area contributed by atoms with Crippen LogP contribution in [0.4, 0.5) is 0 Å². The summed E-state index contributed by atoms with van der Waals surface area (Å²) in [6, 6.07) is 8.06. The van der Waals surface area contributed by atoms with Gasteiger partial charge in [0.25, 0.3) is 0 Å². The standard InChI is InChI=1S/C18H28ClN3O2S.HI/c1-4-20-17(22-14(2)9-12-25(3,23)24)21-13-18(10-11-18)15-5-7-16(19)8-6-15;/h5-8,14H,4,9-13H2,1-3H3,(H2,20,21,22);1H. The number of guanidine groups is 1. The molecule has 1 saturated carbocycles. The highest BCUT2D eigenvalue weighted by Gasteiger charge is 2.44. The lowest BCUT2D eigenvalue weighted by Gasteiger charge is -2.19. The molecule has 148 valence electrons. The highest BCUT2D eigenvalue weighted by Crippen LogP contribution is 2.48. The van der Waals surface area contributed by atoms with E-state index in [1.807, 2.05) is 26.0 Å². The number of sulfone groups is 1. The minimum absolute atomic E-state index is 0. The Morgan fingerprint density at radius 1 is 1.31 bits per heavy atom. The molecular weight excluding hydrogens is 485 g/mol. The number of benzene rings is 1. The Morgan fingerprint density at radius 2 is 1.92 bits per heavy atom. The zero-order valence-electron chi connectivity index (χ0n) is 15.6. The number of nitrogens with zero attached hydrogens (tertiary/aromatic N) is 1. The Hall–Kier alpha value is -0.540. The quantitative estimate of drug-likeness (QED) is 0.318. The highest BCUT2D eigenvalue weighted by molar-refractivity contribution is 14.0. The third kappa shape index (κ3) is 7.60. The lowest BCUT2D eigenvalue weighted by atomic mass is 9.96. The predicted molar refractivity (Wildman–Crippen MR) is 121 cm³/mol. The first-order valence-corrected chi connectivity index (χ1v) is 11.2. The number of aliphatic imine (C=N–C) groups is 1. The minimum Gasteiger partial charge on any atom is -0.357 e. The molecular formula is C18H29ClIN3O2S. The fraction of sp³-hybridized carbons (Fsp3) is 0.611. The predicted octanol–water partition coefficient (Wildman–Crippen LogP) is 3.37. The second-order valence-corrected chi connectivity index (χ2v) is 9.64. The van der Waals surface area contributed by atoms with Crippen LogP contribution in [0.25, 0.3) is 0 Å². The number of nitrogens with one attached hydrogen (secondary N) is 2. The summed E-state index contributed by atoms with van der Waals surface area (Å²) in [4.78, 5) is 4.74. The maximum atomic E-state index is 11.3. The van der Waals surface area contributed by atoms with Crippen LogP contribution in [-0.2, 0) is 15.3 Å². The van der Waals surface area contributed by atoms with Crippen molar-refractivity contribution in [1.29, 1.82) is 0 Å². The van der Waals surface area contributed by atoms with Crippen LogP contribution in [0.3, 0.4) is 0 Å². The van der Waals surface area contributed by atoms with Crippen molar-refractivity contribution in [2.24, 2.45) is 4.99 Å². The Labute approximate surface area is 179 Å². The van der Waals surface area contributed by atoms with Crippen LogP contribution in [0.5, 0.6) is 0 Å². The molecule has 8 heteroatoms. The summed E-state index contributed by atoms with van der Waals surface area (Å²) in [6.45, 7) is 5.47. The van der Waals surface area contributed by atoms with Gasteiger partial charge >= 0.3 is 0 Å². The molecule has 0 aromatic heterocycles. The van der Waals surface area contributed by atoms with Gasteiger partial charge < -0.3 is 10.6 Å². The van der Waals surface area contributed by atoms with Crippen LogP contribution in [-0.4, -0.2) is 45.5 Å². The molecule has 1 aromatic rings.